The minimum atomic E-state index is 1.19. The summed E-state index contributed by atoms with van der Waals surface area (Å²) in [5, 5.41) is 2.44. The van der Waals surface area contributed by atoms with E-state index in [-0.39, 0.29) is 0 Å². The molecular weight excluding hydrogens is 120 g/mol. The minimum Gasteiger partial charge on any atom is -0.0616 e. The summed E-state index contributed by atoms with van der Waals surface area (Å²) in [5.74, 6) is 0. The smallest absolute Gasteiger partial charge is 0 e. The molecule has 0 heteroatoms. The molecule has 10 heavy (non-hydrogen) atoms. The van der Waals surface area contributed by atoms with Gasteiger partial charge in [0.2, 0.25) is 0 Å². The first kappa shape index (κ1) is 4.51. The fourth-order valence-corrected chi connectivity index (χ4v) is 1.06. The van der Waals surface area contributed by atoms with Crippen LogP contribution in [0.25, 0.3) is 10.8 Å². The highest BCUT2D eigenvalue weighted by atomic mass is 13.9. The Morgan fingerprint density at radius 3 is 2.80 bits per heavy atom. The summed E-state index contributed by atoms with van der Waals surface area (Å²) >= 11 is 0. The van der Waals surface area contributed by atoms with Crippen molar-refractivity contribution in [3.63, 3.8) is 0 Å². The summed E-state index contributed by atoms with van der Waals surface area (Å²) in [6.45, 7) is 0. The molecule has 49 valence electrons. The summed E-state index contributed by atoms with van der Waals surface area (Å²) in [4.78, 5) is 0. The lowest BCUT2D eigenvalue weighted by Crippen LogP contribution is -1.67. The fourth-order valence-electron chi connectivity index (χ4n) is 1.06. The average molecular weight is 131 g/mol. The zero-order valence-corrected chi connectivity index (χ0v) is 5.54. The van der Waals surface area contributed by atoms with Gasteiger partial charge in [-0.05, 0) is 16.8 Å². The Morgan fingerprint density at radius 1 is 1.10 bits per heavy atom. The van der Waals surface area contributed by atoms with Gasteiger partial charge in [-0.2, -0.15) is 0 Å². The molecule has 0 nitrogen and oxygen atoms in total. The molecule has 0 saturated heterocycles. The lowest BCUT2D eigenvalue weighted by molar-refractivity contribution is 1.74. The molecule has 2 aromatic rings. The zero-order valence-electron chi connectivity index (χ0n) is 7.54. The van der Waals surface area contributed by atoms with E-state index in [1.807, 2.05) is 24.3 Å². The number of hydrogen-bond acceptors (Lipinski definition) is 0. The van der Waals surface area contributed by atoms with E-state index >= 15 is 0 Å². The fraction of sp³-hybridized carbons (Fsp3) is 0. The molecule has 2 aromatic carbocycles. The van der Waals surface area contributed by atoms with Crippen LogP contribution in [-0.2, 0) is 0 Å². The van der Waals surface area contributed by atoms with Crippen molar-refractivity contribution in [2.24, 2.45) is 0 Å². The Bertz CT molecular complexity index is 279. The third kappa shape index (κ3) is 0.781. The van der Waals surface area contributed by atoms with E-state index in [1.54, 1.807) is 0 Å². The molecule has 0 aliphatic heterocycles. The van der Waals surface area contributed by atoms with Crippen LogP contribution >= 0.6 is 0 Å². The Kier molecular flexibility index (Phi) is 0.966. The largest absolute Gasteiger partial charge is 0.0616 e. The van der Waals surface area contributed by atoms with Crippen LogP contribution in [0.15, 0.2) is 42.5 Å². The van der Waals surface area contributed by atoms with Gasteiger partial charge in [0.15, 0.2) is 0 Å². The molecule has 0 aliphatic carbocycles. The van der Waals surface area contributed by atoms with Crippen LogP contribution in [0.5, 0.6) is 0 Å². The van der Waals surface area contributed by atoms with Crippen molar-refractivity contribution in [3.05, 3.63) is 48.5 Å². The number of fused-ring (bicyclic) bond motifs is 1. The van der Waals surface area contributed by atoms with Crippen LogP contribution < -0.4 is 0 Å². The molecule has 1 radical (unpaired) electrons. The molecule has 0 spiro atoms. The van der Waals surface area contributed by atoms with Crippen LogP contribution in [0.4, 0.5) is 0 Å². The average Bonchev–Trinajstić information content (AvgIpc) is 2.21. The highest BCUT2D eigenvalue weighted by Gasteiger charge is 1.85. The lowest BCUT2D eigenvalue weighted by Gasteiger charge is -1.91. The van der Waals surface area contributed by atoms with E-state index in [0.717, 1.165) is 0 Å². The van der Waals surface area contributed by atoms with Gasteiger partial charge in [-0.25, -0.2) is 0 Å². The highest BCUT2D eigenvalue weighted by Crippen LogP contribution is 2.10. The second-order valence-corrected chi connectivity index (χ2v) is 2.26. The van der Waals surface area contributed by atoms with Gasteiger partial charge in [0, 0.05) is 2.97 Å². The van der Waals surface area contributed by atoms with Gasteiger partial charge < -0.3 is 0 Å². The predicted octanol–water partition coefficient (Wildman–Crippen LogP) is 2.89. The first-order valence-corrected chi connectivity index (χ1v) is 3.32. The molecule has 0 saturated carbocycles. The molecule has 0 N–H and O–H groups in total. The van der Waals surface area contributed by atoms with Crippen LogP contribution in [0.3, 0.4) is 0 Å². The summed E-state index contributed by atoms with van der Waals surface area (Å²) in [5.41, 5.74) is 0. The van der Waals surface area contributed by atoms with Crippen molar-refractivity contribution >= 4 is 10.8 Å². The number of hydrogen-bond donors (Lipinski definition) is 0. The lowest BCUT2D eigenvalue weighted by atomic mass is 10.1. The number of benzene rings is 2. The predicted molar refractivity (Wildman–Crippen MR) is 44.9 cm³/mol. The highest BCUT2D eigenvalue weighted by molar-refractivity contribution is 5.81. The summed E-state index contributed by atoms with van der Waals surface area (Å²) < 4.78 is 10.0. The Morgan fingerprint density at radius 2 is 1.90 bits per heavy atom. The Hall–Kier alpha value is -1.30. The van der Waals surface area contributed by atoms with Gasteiger partial charge in [0.1, 0.15) is 0 Å². The van der Waals surface area contributed by atoms with Crippen LogP contribution in [0, 0.1) is 6.07 Å². The third-order valence-electron chi connectivity index (χ3n) is 1.57. The summed E-state index contributed by atoms with van der Waals surface area (Å²) in [6.07, 6.45) is 0. The van der Waals surface area contributed by atoms with Gasteiger partial charge in [0.25, 0.3) is 0 Å². The van der Waals surface area contributed by atoms with Crippen molar-refractivity contribution in [2.75, 3.05) is 0 Å². The molecule has 0 aliphatic rings. The monoisotopic (exact) mass is 131 g/mol. The van der Waals surface area contributed by atoms with Crippen LogP contribution in [0.1, 0.15) is 2.97 Å². The van der Waals surface area contributed by atoms with Crippen molar-refractivity contribution in [1.29, 1.82) is 0 Å². The summed E-state index contributed by atoms with van der Waals surface area (Å²) in [7, 11) is 0. The van der Waals surface area contributed by atoms with Gasteiger partial charge in [-0.3, -0.25) is 0 Å². The molecule has 0 aromatic heterocycles. The van der Waals surface area contributed by atoms with Gasteiger partial charge in [-0.1, -0.05) is 42.5 Å². The summed E-state index contributed by atoms with van der Waals surface area (Å²) in [6, 6.07) is 17.4. The maximum absolute atomic E-state index is 5.00. The zero-order chi connectivity index (χ0) is 8.81. The first-order chi connectivity index (χ1) is 5.97. The molecule has 0 bridgehead atoms. The van der Waals surface area contributed by atoms with Gasteiger partial charge in [-0.15, -0.1) is 0 Å². The Labute approximate surface area is 63.2 Å². The molecule has 2 rings (SSSR count). The quantitative estimate of drug-likeness (QED) is 0.515. The van der Waals surface area contributed by atoms with E-state index in [1.165, 1.54) is 10.8 Å². The van der Waals surface area contributed by atoms with E-state index in [4.69, 9.17) is 2.97 Å². The molecule has 0 heterocycles. The maximum atomic E-state index is 5.00. The standard InChI is InChI=1S/C10H7.H2/c1-2-6-10-8-4-3-7-9(10)5-1;/h1-7H;1H/i;1+1D. The van der Waals surface area contributed by atoms with Crippen molar-refractivity contribution in [2.45, 2.75) is 0 Å². The first-order valence-electron chi connectivity index (χ1n) is 4.32. The maximum Gasteiger partial charge on any atom is 0 e. The van der Waals surface area contributed by atoms with Crippen molar-refractivity contribution in [1.82, 2.24) is 0 Å². The molecule has 0 amide bonds. The van der Waals surface area contributed by atoms with Crippen molar-refractivity contribution < 1.29 is 2.97 Å². The van der Waals surface area contributed by atoms with Crippen molar-refractivity contribution in [3.8, 4) is 0 Å². The van der Waals surface area contributed by atoms with E-state index in [0.29, 0.717) is 0 Å². The second kappa shape index (κ2) is 2.14. The van der Waals surface area contributed by atoms with E-state index < -0.39 is 0 Å². The van der Waals surface area contributed by atoms with Gasteiger partial charge >= 0.3 is 0 Å². The Balaban J connectivity index is 0.000000336. The van der Waals surface area contributed by atoms with E-state index in [2.05, 4.69) is 24.3 Å². The molecular formula is C10H9. The minimum absolute atomic E-state index is 1.19. The van der Waals surface area contributed by atoms with E-state index in [9.17, 15) is 0 Å². The van der Waals surface area contributed by atoms with Crippen LogP contribution in [-0.4, -0.2) is 0 Å². The molecule has 0 atom stereocenters. The van der Waals surface area contributed by atoms with Gasteiger partial charge in [0.05, 0.1) is 0 Å². The third-order valence-corrected chi connectivity index (χ3v) is 1.57. The topological polar surface area (TPSA) is 0 Å². The SMILES string of the molecule is [2H][2H].[c]1cccc2ccccc12. The second-order valence-electron chi connectivity index (χ2n) is 2.26. The molecule has 0 fully saturated rings. The molecule has 0 unspecified atom stereocenters. The normalized spacial score (nSPS) is 10.8. The number of rotatable bonds is 0. The van der Waals surface area contributed by atoms with Crippen LogP contribution in [0.2, 0.25) is 0 Å².